The Kier molecular flexibility index (Phi) is 9.92. The molecule has 1 aliphatic carbocycles. The number of anilines is 1. The number of amides is 2. The van der Waals surface area contributed by atoms with Crippen molar-refractivity contribution in [2.45, 2.75) is 57.7 Å². The molecule has 0 aromatic heterocycles. The molecule has 11 heteroatoms. The van der Waals surface area contributed by atoms with Gasteiger partial charge in [0.05, 0.1) is 5.69 Å². The molecule has 1 fully saturated rings. The van der Waals surface area contributed by atoms with Gasteiger partial charge in [-0.25, -0.2) is 8.70 Å². The SMILES string of the molecule is CC[C@H](C(=O)NC1CCCC1)N(Cc1ccc(Cl)cc1)C(=O)CN(c1ccccc1F)S(=O)(=O)N(C)C. The van der Waals surface area contributed by atoms with Crippen molar-refractivity contribution in [3.05, 3.63) is 64.9 Å². The molecule has 0 saturated heterocycles. The maximum Gasteiger partial charge on any atom is 0.304 e. The molecule has 0 spiro atoms. The smallest absolute Gasteiger partial charge is 0.304 e. The van der Waals surface area contributed by atoms with Crippen LogP contribution in [0.1, 0.15) is 44.6 Å². The molecule has 0 unspecified atom stereocenters. The van der Waals surface area contributed by atoms with Crippen molar-refractivity contribution in [2.75, 3.05) is 24.9 Å². The van der Waals surface area contributed by atoms with Gasteiger partial charge in [-0.15, -0.1) is 0 Å². The highest BCUT2D eigenvalue weighted by atomic mass is 35.5. The molecule has 0 radical (unpaired) electrons. The topological polar surface area (TPSA) is 90.0 Å². The Morgan fingerprint density at radius 3 is 2.27 bits per heavy atom. The average Bonchev–Trinajstić information content (AvgIpc) is 3.37. The first-order valence-corrected chi connectivity index (χ1v) is 14.1. The first-order valence-electron chi connectivity index (χ1n) is 12.3. The predicted octanol–water partition coefficient (Wildman–Crippen LogP) is 3.96. The molecule has 37 heavy (non-hydrogen) atoms. The van der Waals surface area contributed by atoms with E-state index in [0.717, 1.165) is 45.9 Å². The number of nitrogens with zero attached hydrogens (tertiary/aromatic N) is 3. The van der Waals surface area contributed by atoms with Crippen LogP contribution in [0.2, 0.25) is 5.02 Å². The van der Waals surface area contributed by atoms with Crippen LogP contribution in [-0.4, -0.2) is 62.2 Å². The summed E-state index contributed by atoms with van der Waals surface area (Å²) >= 11 is 6.02. The van der Waals surface area contributed by atoms with Crippen molar-refractivity contribution < 1.29 is 22.4 Å². The van der Waals surface area contributed by atoms with Crippen molar-refractivity contribution in [1.29, 1.82) is 0 Å². The third-order valence-electron chi connectivity index (χ3n) is 6.49. The van der Waals surface area contributed by atoms with Crippen LogP contribution in [0.3, 0.4) is 0 Å². The van der Waals surface area contributed by atoms with Gasteiger partial charge in [-0.2, -0.15) is 12.7 Å². The van der Waals surface area contributed by atoms with Crippen LogP contribution >= 0.6 is 11.6 Å². The molecule has 0 heterocycles. The minimum absolute atomic E-state index is 0.0538. The van der Waals surface area contributed by atoms with Crippen LogP contribution in [0.4, 0.5) is 10.1 Å². The standard InChI is InChI=1S/C26H34ClFN4O4S/c1-4-23(26(34)29-21-9-5-6-10-21)31(17-19-13-15-20(27)16-14-19)25(33)18-32(37(35,36)30(2)3)24-12-8-7-11-22(24)28/h7-8,11-16,21,23H,4-6,9-10,17-18H2,1-3H3,(H,29,34)/t23-/m1/s1. The molecule has 1 N–H and O–H groups in total. The lowest BCUT2D eigenvalue weighted by Gasteiger charge is -2.34. The molecular formula is C26H34ClFN4O4S. The molecule has 1 saturated carbocycles. The number of hydrogen-bond acceptors (Lipinski definition) is 4. The normalized spacial score (nSPS) is 15.0. The van der Waals surface area contributed by atoms with Crippen LogP contribution < -0.4 is 9.62 Å². The molecule has 1 aliphatic rings. The maximum atomic E-state index is 14.7. The summed E-state index contributed by atoms with van der Waals surface area (Å²) in [6.45, 7) is 1.17. The Labute approximate surface area is 223 Å². The molecule has 1 atom stereocenters. The largest absolute Gasteiger partial charge is 0.352 e. The Hall–Kier alpha value is -2.69. The Balaban J connectivity index is 1.97. The number of hydrogen-bond donors (Lipinski definition) is 1. The van der Waals surface area contributed by atoms with Gasteiger partial charge in [0.25, 0.3) is 0 Å². The predicted molar refractivity (Wildman–Crippen MR) is 143 cm³/mol. The third kappa shape index (κ3) is 7.21. The molecule has 202 valence electrons. The molecule has 0 bridgehead atoms. The summed E-state index contributed by atoms with van der Waals surface area (Å²) in [7, 11) is -1.61. The van der Waals surface area contributed by atoms with E-state index in [9.17, 15) is 22.4 Å². The molecule has 3 rings (SSSR count). The van der Waals surface area contributed by atoms with Crippen LogP contribution in [0, 0.1) is 5.82 Å². The summed E-state index contributed by atoms with van der Waals surface area (Å²) in [5, 5.41) is 3.57. The van der Waals surface area contributed by atoms with Gasteiger partial charge < -0.3 is 10.2 Å². The van der Waals surface area contributed by atoms with Crippen LogP contribution in [0.25, 0.3) is 0 Å². The quantitative estimate of drug-likeness (QED) is 0.457. The molecule has 0 aliphatic heterocycles. The van der Waals surface area contributed by atoms with Gasteiger partial charge in [0.2, 0.25) is 11.8 Å². The monoisotopic (exact) mass is 552 g/mol. The van der Waals surface area contributed by atoms with E-state index in [4.69, 9.17) is 11.6 Å². The van der Waals surface area contributed by atoms with E-state index in [1.54, 1.807) is 31.2 Å². The second-order valence-electron chi connectivity index (χ2n) is 9.31. The lowest BCUT2D eigenvalue weighted by Crippen LogP contribution is -2.54. The van der Waals surface area contributed by atoms with E-state index in [1.807, 2.05) is 0 Å². The summed E-state index contributed by atoms with van der Waals surface area (Å²) in [6, 6.07) is 11.4. The Morgan fingerprint density at radius 1 is 1.08 bits per heavy atom. The summed E-state index contributed by atoms with van der Waals surface area (Å²) in [6.07, 6.45) is 4.16. The minimum Gasteiger partial charge on any atom is -0.352 e. The molecule has 2 amide bonds. The molecule has 8 nitrogen and oxygen atoms in total. The second-order valence-corrected chi connectivity index (χ2v) is 11.8. The molecule has 2 aromatic carbocycles. The van der Waals surface area contributed by atoms with Crippen molar-refractivity contribution in [3.63, 3.8) is 0 Å². The number of halogens is 2. The van der Waals surface area contributed by atoms with Gasteiger partial charge in [0, 0.05) is 31.7 Å². The summed E-state index contributed by atoms with van der Waals surface area (Å²) in [4.78, 5) is 28.5. The summed E-state index contributed by atoms with van der Waals surface area (Å²) in [5.41, 5.74) is 0.470. The second kappa shape index (κ2) is 12.7. The Bertz CT molecular complexity index is 1190. The van der Waals surface area contributed by atoms with E-state index >= 15 is 0 Å². The lowest BCUT2D eigenvalue weighted by molar-refractivity contribution is -0.140. The fraction of sp³-hybridized carbons (Fsp3) is 0.462. The zero-order valence-corrected chi connectivity index (χ0v) is 22.9. The van der Waals surface area contributed by atoms with Gasteiger partial charge >= 0.3 is 10.2 Å². The summed E-state index contributed by atoms with van der Waals surface area (Å²) in [5.74, 6) is -1.70. The van der Waals surface area contributed by atoms with Gasteiger partial charge in [-0.3, -0.25) is 9.59 Å². The highest BCUT2D eigenvalue weighted by Gasteiger charge is 2.35. The first-order chi connectivity index (χ1) is 17.5. The molecular weight excluding hydrogens is 519 g/mol. The highest BCUT2D eigenvalue weighted by Crippen LogP contribution is 2.25. The van der Waals surface area contributed by atoms with Crippen LogP contribution in [-0.2, 0) is 26.3 Å². The van der Waals surface area contributed by atoms with E-state index in [0.29, 0.717) is 11.4 Å². The number of benzene rings is 2. The fourth-order valence-corrected chi connectivity index (χ4v) is 5.62. The maximum absolute atomic E-state index is 14.7. The summed E-state index contributed by atoms with van der Waals surface area (Å²) < 4.78 is 42.7. The van der Waals surface area contributed by atoms with Crippen molar-refractivity contribution >= 4 is 39.3 Å². The molecule has 2 aromatic rings. The number of rotatable bonds is 11. The van der Waals surface area contributed by atoms with E-state index in [-0.39, 0.29) is 24.2 Å². The lowest BCUT2D eigenvalue weighted by atomic mass is 10.1. The number of carbonyl (C=O) groups is 2. The van der Waals surface area contributed by atoms with Crippen LogP contribution in [0.15, 0.2) is 48.5 Å². The zero-order chi connectivity index (χ0) is 27.2. The van der Waals surface area contributed by atoms with Gasteiger partial charge in [-0.05, 0) is 49.1 Å². The van der Waals surface area contributed by atoms with E-state index in [2.05, 4.69) is 5.32 Å². The van der Waals surface area contributed by atoms with Gasteiger partial charge in [0.1, 0.15) is 18.4 Å². The zero-order valence-electron chi connectivity index (χ0n) is 21.4. The number of nitrogens with one attached hydrogen (secondary N) is 1. The average molecular weight is 553 g/mol. The van der Waals surface area contributed by atoms with Crippen molar-refractivity contribution in [3.8, 4) is 0 Å². The number of carbonyl (C=O) groups excluding carboxylic acids is 2. The third-order valence-corrected chi connectivity index (χ3v) is 8.55. The highest BCUT2D eigenvalue weighted by molar-refractivity contribution is 7.90. The number of para-hydroxylation sites is 1. The minimum atomic E-state index is -4.23. The van der Waals surface area contributed by atoms with Crippen molar-refractivity contribution in [2.24, 2.45) is 0 Å². The van der Waals surface area contributed by atoms with Crippen LogP contribution in [0.5, 0.6) is 0 Å². The van der Waals surface area contributed by atoms with Gasteiger partial charge in [-0.1, -0.05) is 55.6 Å². The fourth-order valence-electron chi connectivity index (χ4n) is 4.43. The van der Waals surface area contributed by atoms with E-state index in [1.165, 1.54) is 37.2 Å². The Morgan fingerprint density at radius 2 is 1.70 bits per heavy atom. The first kappa shape index (κ1) is 28.9. The van der Waals surface area contributed by atoms with Crippen molar-refractivity contribution in [1.82, 2.24) is 14.5 Å². The van der Waals surface area contributed by atoms with E-state index < -0.39 is 34.5 Å². The van der Waals surface area contributed by atoms with Gasteiger partial charge in [0.15, 0.2) is 0 Å².